The summed E-state index contributed by atoms with van der Waals surface area (Å²) in [6.45, 7) is 4.56. The standard InChI is InChI=1S/C21H24N2O4/c1-4-13-27-18-11-10-17(14-19(18)26-3)21(25)23-22-20(24)12-9-16-7-5-15(2)6-8-16/h5-12,14H,4,13H2,1-3H3,(H,22,24)(H,23,25)/b12-9+. The lowest BCUT2D eigenvalue weighted by Gasteiger charge is -2.12. The van der Waals surface area contributed by atoms with E-state index in [9.17, 15) is 9.59 Å². The van der Waals surface area contributed by atoms with E-state index in [0.717, 1.165) is 17.5 Å². The fraction of sp³-hybridized carbons (Fsp3) is 0.238. The number of amides is 2. The molecule has 0 atom stereocenters. The van der Waals surface area contributed by atoms with Crippen LogP contribution in [-0.4, -0.2) is 25.5 Å². The van der Waals surface area contributed by atoms with Crippen molar-refractivity contribution in [2.24, 2.45) is 0 Å². The molecule has 2 amide bonds. The Morgan fingerprint density at radius 3 is 2.44 bits per heavy atom. The van der Waals surface area contributed by atoms with Crippen molar-refractivity contribution >= 4 is 17.9 Å². The van der Waals surface area contributed by atoms with Gasteiger partial charge in [-0.05, 0) is 43.2 Å². The van der Waals surface area contributed by atoms with Gasteiger partial charge in [0.05, 0.1) is 13.7 Å². The van der Waals surface area contributed by atoms with Crippen LogP contribution in [0, 0.1) is 6.92 Å². The Labute approximate surface area is 159 Å². The van der Waals surface area contributed by atoms with Crippen LogP contribution >= 0.6 is 0 Å². The fourth-order valence-corrected chi connectivity index (χ4v) is 2.22. The van der Waals surface area contributed by atoms with Gasteiger partial charge in [0.25, 0.3) is 11.8 Å². The number of hydrogen-bond donors (Lipinski definition) is 2. The number of rotatable bonds is 7. The molecule has 0 aliphatic carbocycles. The van der Waals surface area contributed by atoms with Crippen molar-refractivity contribution in [2.45, 2.75) is 20.3 Å². The molecule has 6 heteroatoms. The molecule has 0 bridgehead atoms. The fourth-order valence-electron chi connectivity index (χ4n) is 2.22. The number of hydrogen-bond acceptors (Lipinski definition) is 4. The van der Waals surface area contributed by atoms with Crippen LogP contribution in [0.3, 0.4) is 0 Å². The number of aryl methyl sites for hydroxylation is 1. The van der Waals surface area contributed by atoms with Crippen LogP contribution < -0.4 is 20.3 Å². The molecule has 0 spiro atoms. The van der Waals surface area contributed by atoms with Gasteiger partial charge in [0.2, 0.25) is 0 Å². The van der Waals surface area contributed by atoms with E-state index < -0.39 is 11.8 Å². The van der Waals surface area contributed by atoms with Crippen LogP contribution in [0.2, 0.25) is 0 Å². The summed E-state index contributed by atoms with van der Waals surface area (Å²) >= 11 is 0. The Morgan fingerprint density at radius 1 is 1.04 bits per heavy atom. The van der Waals surface area contributed by atoms with Gasteiger partial charge in [-0.25, -0.2) is 0 Å². The molecule has 0 radical (unpaired) electrons. The molecule has 2 rings (SSSR count). The van der Waals surface area contributed by atoms with Gasteiger partial charge in [-0.15, -0.1) is 0 Å². The van der Waals surface area contributed by atoms with Crippen molar-refractivity contribution in [3.05, 3.63) is 65.2 Å². The lowest BCUT2D eigenvalue weighted by atomic mass is 10.1. The summed E-state index contributed by atoms with van der Waals surface area (Å²) in [7, 11) is 1.51. The zero-order valence-corrected chi connectivity index (χ0v) is 15.7. The van der Waals surface area contributed by atoms with Gasteiger partial charge in [-0.3, -0.25) is 20.4 Å². The minimum atomic E-state index is -0.451. The number of carbonyl (C=O) groups is 2. The lowest BCUT2D eigenvalue weighted by Crippen LogP contribution is -2.40. The van der Waals surface area contributed by atoms with E-state index in [-0.39, 0.29) is 0 Å². The molecule has 2 aromatic carbocycles. The minimum absolute atomic E-state index is 0.346. The van der Waals surface area contributed by atoms with Crippen LogP contribution in [0.1, 0.15) is 34.8 Å². The lowest BCUT2D eigenvalue weighted by molar-refractivity contribution is -0.117. The molecular formula is C21H24N2O4. The molecule has 142 valence electrons. The van der Waals surface area contributed by atoms with Gasteiger partial charge in [0, 0.05) is 11.6 Å². The van der Waals surface area contributed by atoms with E-state index in [2.05, 4.69) is 10.9 Å². The average molecular weight is 368 g/mol. The second-order valence-corrected chi connectivity index (χ2v) is 5.90. The second kappa shape index (κ2) is 10.0. The molecule has 27 heavy (non-hydrogen) atoms. The monoisotopic (exact) mass is 368 g/mol. The quantitative estimate of drug-likeness (QED) is 0.581. The molecule has 0 aliphatic rings. The Morgan fingerprint density at radius 2 is 1.78 bits per heavy atom. The van der Waals surface area contributed by atoms with Crippen LogP contribution in [-0.2, 0) is 4.79 Å². The van der Waals surface area contributed by atoms with Crippen LogP contribution in [0.4, 0.5) is 0 Å². The van der Waals surface area contributed by atoms with Gasteiger partial charge < -0.3 is 9.47 Å². The molecule has 2 aromatic rings. The van der Waals surface area contributed by atoms with E-state index in [0.29, 0.717) is 23.7 Å². The summed E-state index contributed by atoms with van der Waals surface area (Å²) in [6, 6.07) is 12.6. The molecular weight excluding hydrogens is 344 g/mol. The highest BCUT2D eigenvalue weighted by atomic mass is 16.5. The maximum Gasteiger partial charge on any atom is 0.269 e. The van der Waals surface area contributed by atoms with E-state index in [1.54, 1.807) is 24.3 Å². The van der Waals surface area contributed by atoms with Crippen molar-refractivity contribution in [3.63, 3.8) is 0 Å². The first-order valence-electron chi connectivity index (χ1n) is 8.69. The zero-order valence-electron chi connectivity index (χ0n) is 15.7. The van der Waals surface area contributed by atoms with Gasteiger partial charge in [-0.1, -0.05) is 36.8 Å². The highest BCUT2D eigenvalue weighted by Gasteiger charge is 2.11. The third-order valence-corrected chi connectivity index (χ3v) is 3.69. The number of ether oxygens (including phenoxy) is 2. The summed E-state index contributed by atoms with van der Waals surface area (Å²) in [4.78, 5) is 24.1. The highest BCUT2D eigenvalue weighted by molar-refractivity contribution is 5.98. The summed E-state index contributed by atoms with van der Waals surface area (Å²) in [5, 5.41) is 0. The van der Waals surface area contributed by atoms with Crippen LogP contribution in [0.15, 0.2) is 48.5 Å². The number of carbonyl (C=O) groups excluding carboxylic acids is 2. The maximum atomic E-state index is 12.2. The highest BCUT2D eigenvalue weighted by Crippen LogP contribution is 2.28. The smallest absolute Gasteiger partial charge is 0.269 e. The normalized spacial score (nSPS) is 10.5. The molecule has 0 saturated carbocycles. The SMILES string of the molecule is CCCOc1ccc(C(=O)NNC(=O)/C=C/c2ccc(C)cc2)cc1OC. The van der Waals surface area contributed by atoms with Crippen LogP contribution in [0.25, 0.3) is 6.08 Å². The van der Waals surface area contributed by atoms with Gasteiger partial charge in [0.1, 0.15) is 0 Å². The molecule has 0 heterocycles. The largest absolute Gasteiger partial charge is 0.493 e. The van der Waals surface area contributed by atoms with Crippen molar-refractivity contribution in [3.8, 4) is 11.5 Å². The summed E-state index contributed by atoms with van der Waals surface area (Å²) < 4.78 is 10.8. The predicted octanol–water partition coefficient (Wildman–Crippen LogP) is 3.27. The molecule has 0 saturated heterocycles. The first-order valence-corrected chi connectivity index (χ1v) is 8.69. The summed E-state index contributed by atoms with van der Waals surface area (Å²) in [5.41, 5.74) is 7.11. The van der Waals surface area contributed by atoms with E-state index in [1.165, 1.54) is 13.2 Å². The number of nitrogens with one attached hydrogen (secondary N) is 2. The third kappa shape index (κ3) is 6.18. The van der Waals surface area contributed by atoms with Crippen LogP contribution in [0.5, 0.6) is 11.5 Å². The molecule has 2 N–H and O–H groups in total. The summed E-state index contributed by atoms with van der Waals surface area (Å²) in [5.74, 6) is 0.147. The minimum Gasteiger partial charge on any atom is -0.493 e. The van der Waals surface area contributed by atoms with E-state index in [4.69, 9.17) is 9.47 Å². The first-order chi connectivity index (χ1) is 13.0. The Kier molecular flexibility index (Phi) is 7.43. The molecule has 0 unspecified atom stereocenters. The van der Waals surface area contributed by atoms with Crippen molar-refractivity contribution in [2.75, 3.05) is 13.7 Å². The first kappa shape index (κ1) is 20.0. The molecule has 0 aliphatic heterocycles. The van der Waals surface area contributed by atoms with Gasteiger partial charge >= 0.3 is 0 Å². The van der Waals surface area contributed by atoms with E-state index in [1.807, 2.05) is 38.1 Å². The Balaban J connectivity index is 1.92. The summed E-state index contributed by atoms with van der Waals surface area (Å²) in [6.07, 6.45) is 3.89. The zero-order chi connectivity index (χ0) is 19.6. The molecule has 6 nitrogen and oxygen atoms in total. The Hall–Kier alpha value is -3.28. The van der Waals surface area contributed by atoms with Crippen molar-refractivity contribution < 1.29 is 19.1 Å². The molecule has 0 aromatic heterocycles. The molecule has 0 fully saturated rings. The predicted molar refractivity (Wildman–Crippen MR) is 105 cm³/mol. The van der Waals surface area contributed by atoms with Gasteiger partial charge in [0.15, 0.2) is 11.5 Å². The second-order valence-electron chi connectivity index (χ2n) is 5.90. The van der Waals surface area contributed by atoms with Crippen molar-refractivity contribution in [1.29, 1.82) is 0 Å². The Bertz CT molecular complexity index is 813. The number of hydrazine groups is 1. The number of methoxy groups -OCH3 is 1. The topological polar surface area (TPSA) is 76.7 Å². The maximum absolute atomic E-state index is 12.2. The van der Waals surface area contributed by atoms with Crippen molar-refractivity contribution in [1.82, 2.24) is 10.9 Å². The van der Waals surface area contributed by atoms with E-state index >= 15 is 0 Å². The average Bonchev–Trinajstić information content (AvgIpc) is 2.69. The third-order valence-electron chi connectivity index (χ3n) is 3.69. The number of benzene rings is 2. The van der Waals surface area contributed by atoms with Gasteiger partial charge in [-0.2, -0.15) is 0 Å².